The number of carbonyl (C=O) groups is 1. The second-order valence-corrected chi connectivity index (χ2v) is 4.80. The standard InChI is InChI=1S/C11H20N2O3/c1-15-9-3-2-8(6-9)13-10(14)11(12)4-5-16-7-11/h8-9H,2-7,12H2,1H3,(H,13,14). The van der Waals surface area contributed by atoms with Gasteiger partial charge in [-0.2, -0.15) is 0 Å². The van der Waals surface area contributed by atoms with Crippen LogP contribution in [0.2, 0.25) is 0 Å². The average Bonchev–Trinajstić information content (AvgIpc) is 2.88. The molecule has 92 valence electrons. The summed E-state index contributed by atoms with van der Waals surface area (Å²) in [7, 11) is 1.71. The van der Waals surface area contributed by atoms with E-state index in [4.69, 9.17) is 15.2 Å². The maximum absolute atomic E-state index is 12.0. The van der Waals surface area contributed by atoms with Crippen molar-refractivity contribution in [2.24, 2.45) is 5.73 Å². The lowest BCUT2D eigenvalue weighted by atomic mass is 9.98. The Morgan fingerprint density at radius 3 is 2.94 bits per heavy atom. The van der Waals surface area contributed by atoms with Crippen LogP contribution in [0.15, 0.2) is 0 Å². The van der Waals surface area contributed by atoms with Crippen LogP contribution in [0.25, 0.3) is 0 Å². The van der Waals surface area contributed by atoms with Gasteiger partial charge in [0.15, 0.2) is 0 Å². The molecular weight excluding hydrogens is 208 g/mol. The highest BCUT2D eigenvalue weighted by atomic mass is 16.5. The van der Waals surface area contributed by atoms with Gasteiger partial charge in [-0.25, -0.2) is 0 Å². The molecule has 3 atom stereocenters. The smallest absolute Gasteiger partial charge is 0.242 e. The van der Waals surface area contributed by atoms with Crippen LogP contribution in [0.3, 0.4) is 0 Å². The second kappa shape index (κ2) is 4.69. The Bertz CT molecular complexity index is 264. The van der Waals surface area contributed by atoms with Gasteiger partial charge in [0.1, 0.15) is 5.54 Å². The fourth-order valence-electron chi connectivity index (χ4n) is 2.37. The van der Waals surface area contributed by atoms with Gasteiger partial charge in [0, 0.05) is 19.8 Å². The summed E-state index contributed by atoms with van der Waals surface area (Å²) in [6.45, 7) is 0.911. The first-order valence-electron chi connectivity index (χ1n) is 5.84. The van der Waals surface area contributed by atoms with E-state index in [-0.39, 0.29) is 18.1 Å². The predicted octanol–water partition coefficient (Wildman–Crippen LogP) is -0.212. The zero-order valence-corrected chi connectivity index (χ0v) is 9.70. The summed E-state index contributed by atoms with van der Waals surface area (Å²) in [4.78, 5) is 12.0. The van der Waals surface area contributed by atoms with Crippen molar-refractivity contribution in [3.05, 3.63) is 0 Å². The molecule has 1 heterocycles. The third-order valence-corrected chi connectivity index (χ3v) is 3.56. The molecule has 1 aliphatic carbocycles. The predicted molar refractivity (Wildman–Crippen MR) is 58.9 cm³/mol. The average molecular weight is 228 g/mol. The Kier molecular flexibility index (Phi) is 3.47. The van der Waals surface area contributed by atoms with E-state index in [1.54, 1.807) is 7.11 Å². The lowest BCUT2D eigenvalue weighted by Crippen LogP contribution is -2.56. The molecule has 0 aromatic rings. The van der Waals surface area contributed by atoms with Crippen LogP contribution in [-0.4, -0.2) is 43.9 Å². The molecule has 5 heteroatoms. The highest BCUT2D eigenvalue weighted by Crippen LogP contribution is 2.23. The van der Waals surface area contributed by atoms with E-state index < -0.39 is 5.54 Å². The number of ether oxygens (including phenoxy) is 2. The topological polar surface area (TPSA) is 73.6 Å². The number of rotatable bonds is 3. The number of amides is 1. The second-order valence-electron chi connectivity index (χ2n) is 4.80. The number of carbonyl (C=O) groups excluding carboxylic acids is 1. The van der Waals surface area contributed by atoms with E-state index in [2.05, 4.69) is 5.32 Å². The number of methoxy groups -OCH3 is 1. The van der Waals surface area contributed by atoms with Gasteiger partial charge in [0.05, 0.1) is 12.7 Å². The van der Waals surface area contributed by atoms with Crippen LogP contribution in [-0.2, 0) is 14.3 Å². The van der Waals surface area contributed by atoms with Crippen LogP contribution in [0.5, 0.6) is 0 Å². The molecule has 16 heavy (non-hydrogen) atoms. The Balaban J connectivity index is 1.83. The summed E-state index contributed by atoms with van der Waals surface area (Å²) < 4.78 is 10.4. The van der Waals surface area contributed by atoms with Gasteiger partial charge in [-0.3, -0.25) is 4.79 Å². The summed E-state index contributed by atoms with van der Waals surface area (Å²) in [5, 5.41) is 3.00. The third kappa shape index (κ3) is 2.36. The third-order valence-electron chi connectivity index (χ3n) is 3.56. The van der Waals surface area contributed by atoms with Crippen molar-refractivity contribution in [2.45, 2.75) is 43.4 Å². The zero-order valence-electron chi connectivity index (χ0n) is 9.70. The summed E-state index contributed by atoms with van der Waals surface area (Å²) in [6, 6.07) is 0.207. The Morgan fingerprint density at radius 1 is 1.56 bits per heavy atom. The van der Waals surface area contributed by atoms with E-state index in [9.17, 15) is 4.79 Å². The van der Waals surface area contributed by atoms with Crippen molar-refractivity contribution in [1.82, 2.24) is 5.32 Å². The minimum absolute atomic E-state index is 0.0771. The molecule has 1 saturated heterocycles. The van der Waals surface area contributed by atoms with E-state index in [0.29, 0.717) is 19.6 Å². The minimum atomic E-state index is -0.814. The molecule has 0 aromatic heterocycles. The highest BCUT2D eigenvalue weighted by molar-refractivity contribution is 5.86. The van der Waals surface area contributed by atoms with Gasteiger partial charge < -0.3 is 20.5 Å². The first-order chi connectivity index (χ1) is 7.64. The Hall–Kier alpha value is -0.650. The Morgan fingerprint density at radius 2 is 2.38 bits per heavy atom. The van der Waals surface area contributed by atoms with Crippen LogP contribution in [0.4, 0.5) is 0 Å². The van der Waals surface area contributed by atoms with E-state index >= 15 is 0 Å². The number of hydrogen-bond donors (Lipinski definition) is 2. The number of nitrogens with two attached hydrogens (primary N) is 1. The van der Waals surface area contributed by atoms with Gasteiger partial charge in [0.2, 0.25) is 5.91 Å². The van der Waals surface area contributed by atoms with E-state index in [1.165, 1.54) is 0 Å². The quantitative estimate of drug-likeness (QED) is 0.701. The summed E-state index contributed by atoms with van der Waals surface area (Å²) in [6.07, 6.45) is 3.76. The maximum atomic E-state index is 12.0. The van der Waals surface area contributed by atoms with Crippen LogP contribution in [0.1, 0.15) is 25.7 Å². The van der Waals surface area contributed by atoms with E-state index in [1.807, 2.05) is 0 Å². The minimum Gasteiger partial charge on any atom is -0.381 e. The molecule has 2 aliphatic rings. The molecule has 0 bridgehead atoms. The summed E-state index contributed by atoms with van der Waals surface area (Å²) in [5.74, 6) is -0.0771. The molecule has 2 fully saturated rings. The molecular formula is C11H20N2O3. The molecule has 3 unspecified atom stereocenters. The molecule has 3 N–H and O–H groups in total. The van der Waals surface area contributed by atoms with Gasteiger partial charge >= 0.3 is 0 Å². The fraction of sp³-hybridized carbons (Fsp3) is 0.909. The summed E-state index contributed by atoms with van der Waals surface area (Å²) >= 11 is 0. The lowest BCUT2D eigenvalue weighted by Gasteiger charge is -2.23. The van der Waals surface area contributed by atoms with Crippen LogP contribution < -0.4 is 11.1 Å². The first-order valence-corrected chi connectivity index (χ1v) is 5.84. The molecule has 1 aliphatic heterocycles. The monoisotopic (exact) mass is 228 g/mol. The SMILES string of the molecule is COC1CCC(NC(=O)C2(N)CCOC2)C1. The van der Waals surface area contributed by atoms with Crippen molar-refractivity contribution in [2.75, 3.05) is 20.3 Å². The normalized spacial score (nSPS) is 38.9. The van der Waals surface area contributed by atoms with Crippen molar-refractivity contribution >= 4 is 5.91 Å². The molecule has 0 radical (unpaired) electrons. The van der Waals surface area contributed by atoms with Crippen molar-refractivity contribution in [3.63, 3.8) is 0 Å². The van der Waals surface area contributed by atoms with Crippen molar-refractivity contribution in [3.8, 4) is 0 Å². The largest absolute Gasteiger partial charge is 0.381 e. The maximum Gasteiger partial charge on any atom is 0.242 e. The number of hydrogen-bond acceptors (Lipinski definition) is 4. The van der Waals surface area contributed by atoms with E-state index in [0.717, 1.165) is 19.3 Å². The first kappa shape index (κ1) is 11.8. The van der Waals surface area contributed by atoms with Crippen LogP contribution in [0, 0.1) is 0 Å². The van der Waals surface area contributed by atoms with Crippen molar-refractivity contribution in [1.29, 1.82) is 0 Å². The van der Waals surface area contributed by atoms with Gasteiger partial charge in [-0.1, -0.05) is 0 Å². The lowest BCUT2D eigenvalue weighted by molar-refractivity contribution is -0.127. The van der Waals surface area contributed by atoms with Crippen LogP contribution >= 0.6 is 0 Å². The van der Waals surface area contributed by atoms with Gasteiger partial charge in [-0.05, 0) is 25.7 Å². The molecule has 1 saturated carbocycles. The molecule has 1 amide bonds. The zero-order chi connectivity index (χ0) is 11.6. The number of nitrogens with one attached hydrogen (secondary N) is 1. The van der Waals surface area contributed by atoms with Crippen molar-refractivity contribution < 1.29 is 14.3 Å². The Labute approximate surface area is 95.7 Å². The highest BCUT2D eigenvalue weighted by Gasteiger charge is 2.39. The molecule has 5 nitrogen and oxygen atoms in total. The molecule has 2 rings (SSSR count). The van der Waals surface area contributed by atoms with Gasteiger partial charge in [-0.15, -0.1) is 0 Å². The molecule has 0 spiro atoms. The fourth-order valence-corrected chi connectivity index (χ4v) is 2.37. The van der Waals surface area contributed by atoms with Gasteiger partial charge in [0.25, 0.3) is 0 Å². The summed E-state index contributed by atoms with van der Waals surface area (Å²) in [5.41, 5.74) is 5.17. The molecule has 0 aromatic carbocycles.